The summed E-state index contributed by atoms with van der Waals surface area (Å²) in [6.45, 7) is 7.11. The van der Waals surface area contributed by atoms with Crippen LogP contribution >= 0.6 is 11.3 Å². The van der Waals surface area contributed by atoms with Crippen molar-refractivity contribution in [3.63, 3.8) is 0 Å². The van der Waals surface area contributed by atoms with Crippen LogP contribution in [-0.2, 0) is 4.79 Å². The number of carbonyl (C=O) groups is 1. The highest BCUT2D eigenvalue weighted by Crippen LogP contribution is 2.13. The van der Waals surface area contributed by atoms with Crippen molar-refractivity contribution in [2.24, 2.45) is 5.73 Å². The molecule has 0 aliphatic rings. The van der Waals surface area contributed by atoms with Gasteiger partial charge in [0.2, 0.25) is 5.91 Å². The topological polar surface area (TPSA) is 82.0 Å². The molecular formula is C14H13N3OS. The number of hydrogen-bond acceptors (Lipinski definition) is 4. The molecule has 0 aliphatic carbocycles. The minimum absolute atomic E-state index is 0.284. The molecule has 4 nitrogen and oxygen atoms in total. The molecule has 0 fully saturated rings. The van der Waals surface area contributed by atoms with Crippen molar-refractivity contribution < 1.29 is 4.79 Å². The van der Waals surface area contributed by atoms with Gasteiger partial charge in [0.1, 0.15) is 0 Å². The second-order valence-electron chi connectivity index (χ2n) is 3.34. The molecule has 1 heterocycles. The fraction of sp³-hybridized carbons (Fsp3) is 0. The van der Waals surface area contributed by atoms with Gasteiger partial charge in [-0.2, -0.15) is 0 Å². The number of primary amides is 1. The number of nitrogen functional groups attached to an aromatic ring is 1. The third-order valence-electron chi connectivity index (χ3n) is 1.97. The Hall–Kier alpha value is -2.58. The van der Waals surface area contributed by atoms with Gasteiger partial charge in [-0.3, -0.25) is 4.79 Å². The number of nitrogens with two attached hydrogens (primary N) is 2. The maximum atomic E-state index is 11.1. The SMILES string of the molecule is C=C/C=C(C#Cc1cnc(N)s1)\C=C(/C=C)C(N)=O. The quantitative estimate of drug-likeness (QED) is 0.497. The van der Waals surface area contributed by atoms with Crippen molar-refractivity contribution in [3.8, 4) is 11.8 Å². The standard InChI is InChI=1S/C14H13N3OS/c1-3-5-10(8-11(4-2)13(15)18)6-7-12-9-17-14(16)19-12/h3-5,8-9H,1-2H2,(H2,15,18)(H2,16,17)/b10-5-,11-8+. The average Bonchev–Trinajstić information content (AvgIpc) is 2.78. The Kier molecular flexibility index (Phi) is 5.33. The molecule has 0 atom stereocenters. The second-order valence-corrected chi connectivity index (χ2v) is 4.40. The number of aromatic nitrogens is 1. The first kappa shape index (κ1) is 14.5. The van der Waals surface area contributed by atoms with E-state index in [-0.39, 0.29) is 5.57 Å². The second kappa shape index (κ2) is 6.99. The molecular weight excluding hydrogens is 258 g/mol. The van der Waals surface area contributed by atoms with Crippen LogP contribution in [0.1, 0.15) is 4.88 Å². The molecule has 4 N–H and O–H groups in total. The predicted octanol–water partition coefficient (Wildman–Crippen LogP) is 1.79. The van der Waals surface area contributed by atoms with E-state index in [1.54, 1.807) is 24.4 Å². The molecule has 0 aromatic carbocycles. The summed E-state index contributed by atoms with van der Waals surface area (Å²) in [5, 5.41) is 0.456. The van der Waals surface area contributed by atoms with Crippen molar-refractivity contribution >= 4 is 22.4 Å². The van der Waals surface area contributed by atoms with E-state index in [4.69, 9.17) is 11.5 Å². The van der Waals surface area contributed by atoms with E-state index in [1.807, 2.05) is 0 Å². The molecule has 0 bridgehead atoms. The Labute approximate surface area is 115 Å². The van der Waals surface area contributed by atoms with E-state index < -0.39 is 5.91 Å². The Morgan fingerprint density at radius 3 is 2.68 bits per heavy atom. The van der Waals surface area contributed by atoms with Crippen molar-refractivity contribution in [3.05, 3.63) is 59.7 Å². The summed E-state index contributed by atoms with van der Waals surface area (Å²) in [6, 6.07) is 0. The largest absolute Gasteiger partial charge is 0.375 e. The molecule has 0 spiro atoms. The summed E-state index contributed by atoms with van der Waals surface area (Å²) >= 11 is 1.29. The molecule has 5 heteroatoms. The number of thiazole rings is 1. The van der Waals surface area contributed by atoms with Gasteiger partial charge in [-0.05, 0) is 18.1 Å². The van der Waals surface area contributed by atoms with Crippen LogP contribution in [0, 0.1) is 11.8 Å². The van der Waals surface area contributed by atoms with Gasteiger partial charge < -0.3 is 11.5 Å². The van der Waals surface area contributed by atoms with Crippen LogP contribution in [0.2, 0.25) is 0 Å². The highest BCUT2D eigenvalue weighted by Gasteiger charge is 2.00. The molecule has 1 aromatic rings. The maximum absolute atomic E-state index is 11.1. The van der Waals surface area contributed by atoms with Gasteiger partial charge in [-0.1, -0.05) is 42.6 Å². The van der Waals surface area contributed by atoms with Crippen LogP contribution < -0.4 is 11.5 Å². The zero-order valence-corrected chi connectivity index (χ0v) is 11.0. The maximum Gasteiger partial charge on any atom is 0.248 e. The first-order valence-electron chi connectivity index (χ1n) is 5.26. The first-order chi connectivity index (χ1) is 9.06. The van der Waals surface area contributed by atoms with Crippen molar-refractivity contribution in [1.29, 1.82) is 0 Å². The monoisotopic (exact) mass is 271 g/mol. The van der Waals surface area contributed by atoms with Crippen molar-refractivity contribution in [2.45, 2.75) is 0 Å². The molecule has 96 valence electrons. The van der Waals surface area contributed by atoms with Crippen molar-refractivity contribution in [2.75, 3.05) is 5.73 Å². The lowest BCUT2D eigenvalue weighted by atomic mass is 10.1. The summed E-state index contributed by atoms with van der Waals surface area (Å²) in [5.41, 5.74) is 11.6. The molecule has 0 aliphatic heterocycles. The molecule has 0 radical (unpaired) electrons. The van der Waals surface area contributed by atoms with E-state index in [0.717, 1.165) is 4.88 Å². The van der Waals surface area contributed by atoms with Gasteiger partial charge in [-0.25, -0.2) is 4.98 Å². The third-order valence-corrected chi connectivity index (χ3v) is 2.71. The third kappa shape index (κ3) is 4.66. The first-order valence-corrected chi connectivity index (χ1v) is 6.08. The minimum atomic E-state index is -0.561. The molecule has 1 amide bonds. The van der Waals surface area contributed by atoms with Gasteiger partial charge in [0.15, 0.2) is 5.13 Å². The number of amides is 1. The van der Waals surface area contributed by atoms with Crippen LogP contribution in [0.25, 0.3) is 0 Å². The fourth-order valence-corrected chi connectivity index (χ4v) is 1.67. The molecule has 0 saturated heterocycles. The zero-order chi connectivity index (χ0) is 14.3. The van der Waals surface area contributed by atoms with E-state index in [0.29, 0.717) is 10.7 Å². The highest BCUT2D eigenvalue weighted by molar-refractivity contribution is 7.15. The predicted molar refractivity (Wildman–Crippen MR) is 79.2 cm³/mol. The number of rotatable bonds is 4. The molecule has 0 saturated carbocycles. The number of anilines is 1. The van der Waals surface area contributed by atoms with Gasteiger partial charge >= 0.3 is 0 Å². The van der Waals surface area contributed by atoms with Gasteiger partial charge in [0, 0.05) is 11.1 Å². The Balaban J connectivity index is 3.07. The van der Waals surface area contributed by atoms with Gasteiger partial charge in [-0.15, -0.1) is 0 Å². The van der Waals surface area contributed by atoms with Gasteiger partial charge in [0.25, 0.3) is 0 Å². The van der Waals surface area contributed by atoms with Crippen LogP contribution in [0.3, 0.4) is 0 Å². The lowest BCUT2D eigenvalue weighted by Crippen LogP contribution is -2.12. The van der Waals surface area contributed by atoms with Gasteiger partial charge in [0.05, 0.1) is 11.1 Å². The average molecular weight is 271 g/mol. The van der Waals surface area contributed by atoms with Crippen LogP contribution in [0.4, 0.5) is 5.13 Å². The molecule has 19 heavy (non-hydrogen) atoms. The minimum Gasteiger partial charge on any atom is -0.375 e. The Bertz CT molecular complexity index is 627. The fourth-order valence-electron chi connectivity index (χ4n) is 1.13. The number of hydrogen-bond donors (Lipinski definition) is 2. The van der Waals surface area contributed by atoms with E-state index in [1.165, 1.54) is 17.4 Å². The Morgan fingerprint density at radius 1 is 1.47 bits per heavy atom. The van der Waals surface area contributed by atoms with E-state index in [9.17, 15) is 4.79 Å². The lowest BCUT2D eigenvalue weighted by Gasteiger charge is -1.95. The molecule has 1 aromatic heterocycles. The van der Waals surface area contributed by atoms with E-state index >= 15 is 0 Å². The summed E-state index contributed by atoms with van der Waals surface area (Å²) in [5.74, 6) is 5.23. The number of carbonyl (C=O) groups excluding carboxylic acids is 1. The summed E-state index contributed by atoms with van der Waals surface area (Å²) in [7, 11) is 0. The van der Waals surface area contributed by atoms with Crippen LogP contribution in [0.5, 0.6) is 0 Å². The van der Waals surface area contributed by atoms with Crippen LogP contribution in [-0.4, -0.2) is 10.9 Å². The molecule has 0 unspecified atom stereocenters. The number of allylic oxidation sites excluding steroid dienone is 4. The highest BCUT2D eigenvalue weighted by atomic mass is 32.1. The Morgan fingerprint density at radius 2 is 2.21 bits per heavy atom. The zero-order valence-electron chi connectivity index (χ0n) is 10.2. The summed E-state index contributed by atoms with van der Waals surface area (Å²) < 4.78 is 0. The smallest absolute Gasteiger partial charge is 0.248 e. The lowest BCUT2D eigenvalue weighted by molar-refractivity contribution is -0.114. The summed E-state index contributed by atoms with van der Waals surface area (Å²) in [6.07, 6.45) is 7.76. The summed E-state index contributed by atoms with van der Waals surface area (Å²) in [4.78, 5) is 15.7. The number of nitrogens with zero attached hydrogens (tertiary/aromatic N) is 1. The van der Waals surface area contributed by atoms with E-state index in [2.05, 4.69) is 30.0 Å². The van der Waals surface area contributed by atoms with Crippen LogP contribution in [0.15, 0.2) is 54.8 Å². The normalized spacial score (nSPS) is 11.4. The molecule has 1 rings (SSSR count). The van der Waals surface area contributed by atoms with Crippen molar-refractivity contribution in [1.82, 2.24) is 4.98 Å².